The second-order valence-corrected chi connectivity index (χ2v) is 10.3. The van der Waals surface area contributed by atoms with Gasteiger partial charge in [0, 0.05) is 10.9 Å². The Morgan fingerprint density at radius 2 is 1.73 bits per heavy atom. The molecule has 2 aromatic carbocycles. The van der Waals surface area contributed by atoms with Crippen LogP contribution in [0.2, 0.25) is 0 Å². The quantitative estimate of drug-likeness (QED) is 0.269. The standard InChI is InChI=1S/C29H35N3S/c1-20(2)18-30-29-32(28(19-33-29)27-12-11-21(3)22(4)17-27)31-23(5)24-13-15-26(16-14-24)25-9-7-6-8-10-25/h11-17,19,25H,1,6-10,18H2,2-5H3/b30-29?,31-23-. The molecular formula is C29H35N3S. The highest BCUT2D eigenvalue weighted by atomic mass is 32.1. The molecule has 1 fully saturated rings. The van der Waals surface area contributed by atoms with E-state index in [1.165, 1.54) is 48.8 Å². The largest absolute Gasteiger partial charge is 0.253 e. The fourth-order valence-electron chi connectivity index (χ4n) is 4.45. The van der Waals surface area contributed by atoms with Crippen molar-refractivity contribution in [2.24, 2.45) is 10.1 Å². The summed E-state index contributed by atoms with van der Waals surface area (Å²) >= 11 is 1.63. The van der Waals surface area contributed by atoms with Crippen LogP contribution in [0.3, 0.4) is 0 Å². The van der Waals surface area contributed by atoms with Gasteiger partial charge in [-0.15, -0.1) is 11.3 Å². The van der Waals surface area contributed by atoms with E-state index in [0.29, 0.717) is 6.54 Å². The van der Waals surface area contributed by atoms with Crippen LogP contribution in [-0.2, 0) is 0 Å². The predicted octanol–water partition coefficient (Wildman–Crippen LogP) is 7.63. The van der Waals surface area contributed by atoms with E-state index in [4.69, 9.17) is 10.1 Å². The molecule has 33 heavy (non-hydrogen) atoms. The summed E-state index contributed by atoms with van der Waals surface area (Å²) in [6.07, 6.45) is 6.76. The molecule has 0 radical (unpaired) electrons. The minimum atomic E-state index is 0.609. The minimum Gasteiger partial charge on any atom is -0.253 e. The van der Waals surface area contributed by atoms with Crippen LogP contribution in [-0.4, -0.2) is 16.9 Å². The van der Waals surface area contributed by atoms with Crippen LogP contribution in [0.15, 0.2) is 70.1 Å². The third-order valence-corrected chi connectivity index (χ3v) is 7.48. The highest BCUT2D eigenvalue weighted by molar-refractivity contribution is 7.07. The third-order valence-electron chi connectivity index (χ3n) is 6.63. The number of rotatable bonds is 6. The zero-order valence-electron chi connectivity index (χ0n) is 20.4. The van der Waals surface area contributed by atoms with Gasteiger partial charge in [-0.2, -0.15) is 5.10 Å². The predicted molar refractivity (Wildman–Crippen MR) is 142 cm³/mol. The smallest absolute Gasteiger partial charge is 0.206 e. The molecule has 1 aliphatic carbocycles. The van der Waals surface area contributed by atoms with Gasteiger partial charge in [-0.3, -0.25) is 4.99 Å². The number of aromatic nitrogens is 1. The van der Waals surface area contributed by atoms with Crippen molar-refractivity contribution in [3.8, 4) is 11.3 Å². The van der Waals surface area contributed by atoms with E-state index in [1.54, 1.807) is 11.3 Å². The van der Waals surface area contributed by atoms with Gasteiger partial charge in [-0.1, -0.05) is 67.8 Å². The second kappa shape index (κ2) is 10.5. The molecule has 3 aromatic rings. The molecule has 1 aliphatic rings. The van der Waals surface area contributed by atoms with Gasteiger partial charge in [-0.25, -0.2) is 4.68 Å². The van der Waals surface area contributed by atoms with Crippen molar-refractivity contribution < 1.29 is 0 Å². The van der Waals surface area contributed by atoms with Gasteiger partial charge >= 0.3 is 0 Å². The molecule has 1 aromatic heterocycles. The van der Waals surface area contributed by atoms with Crippen LogP contribution in [0, 0.1) is 13.8 Å². The van der Waals surface area contributed by atoms with Crippen LogP contribution in [0.5, 0.6) is 0 Å². The molecule has 0 N–H and O–H groups in total. The molecule has 0 amide bonds. The Labute approximate surface area is 202 Å². The first-order valence-electron chi connectivity index (χ1n) is 12.0. The highest BCUT2D eigenvalue weighted by Crippen LogP contribution is 2.32. The van der Waals surface area contributed by atoms with Gasteiger partial charge in [-0.05, 0) is 74.8 Å². The van der Waals surface area contributed by atoms with E-state index in [1.807, 2.05) is 11.6 Å². The van der Waals surface area contributed by atoms with Gasteiger partial charge in [0.1, 0.15) is 0 Å². The summed E-state index contributed by atoms with van der Waals surface area (Å²) in [5, 5.41) is 7.22. The molecular weight excluding hydrogens is 422 g/mol. The minimum absolute atomic E-state index is 0.609. The van der Waals surface area contributed by atoms with Crippen molar-refractivity contribution in [1.82, 2.24) is 4.68 Å². The van der Waals surface area contributed by atoms with Crippen LogP contribution in [0.1, 0.15) is 74.1 Å². The number of hydrogen-bond acceptors (Lipinski definition) is 3. The molecule has 3 nitrogen and oxygen atoms in total. The summed E-state index contributed by atoms with van der Waals surface area (Å²) < 4.78 is 2.00. The molecule has 0 saturated heterocycles. The van der Waals surface area contributed by atoms with Crippen molar-refractivity contribution >= 4 is 17.0 Å². The van der Waals surface area contributed by atoms with E-state index >= 15 is 0 Å². The number of nitrogens with zero attached hydrogens (tertiary/aromatic N) is 3. The molecule has 0 spiro atoms. The zero-order valence-corrected chi connectivity index (χ0v) is 21.2. The average Bonchev–Trinajstić information content (AvgIpc) is 3.22. The summed E-state index contributed by atoms with van der Waals surface area (Å²) in [6, 6.07) is 15.7. The van der Waals surface area contributed by atoms with Gasteiger partial charge in [0.15, 0.2) is 0 Å². The van der Waals surface area contributed by atoms with E-state index in [2.05, 4.69) is 75.2 Å². The van der Waals surface area contributed by atoms with Crippen molar-refractivity contribution in [3.63, 3.8) is 0 Å². The first kappa shape index (κ1) is 23.4. The van der Waals surface area contributed by atoms with Crippen LogP contribution >= 0.6 is 11.3 Å². The van der Waals surface area contributed by atoms with Crippen molar-refractivity contribution in [2.75, 3.05) is 6.54 Å². The number of thiazole rings is 1. The summed E-state index contributed by atoms with van der Waals surface area (Å²) in [5.74, 6) is 0.722. The first-order chi connectivity index (χ1) is 15.9. The average molecular weight is 458 g/mol. The SMILES string of the molecule is C=C(C)CN=c1scc(-c2ccc(C)c(C)c2)n1/N=C(/C)c1ccc(C2CCCCC2)cc1. The molecule has 0 aliphatic heterocycles. The van der Waals surface area contributed by atoms with Gasteiger partial charge in [0.2, 0.25) is 4.80 Å². The monoisotopic (exact) mass is 457 g/mol. The maximum absolute atomic E-state index is 5.06. The summed E-state index contributed by atoms with van der Waals surface area (Å²) in [5.41, 5.74) is 9.48. The maximum Gasteiger partial charge on any atom is 0.206 e. The van der Waals surface area contributed by atoms with E-state index < -0.39 is 0 Å². The number of aryl methyl sites for hydroxylation is 2. The Bertz CT molecular complexity index is 1220. The zero-order chi connectivity index (χ0) is 23.4. The molecule has 1 heterocycles. The van der Waals surface area contributed by atoms with E-state index in [-0.39, 0.29) is 0 Å². The fourth-order valence-corrected chi connectivity index (χ4v) is 5.28. The van der Waals surface area contributed by atoms with Crippen LogP contribution in [0.25, 0.3) is 11.3 Å². The van der Waals surface area contributed by atoms with Crippen LogP contribution < -0.4 is 4.80 Å². The van der Waals surface area contributed by atoms with Crippen molar-refractivity contribution in [3.05, 3.63) is 87.1 Å². The number of benzene rings is 2. The molecule has 172 valence electrons. The highest BCUT2D eigenvalue weighted by Gasteiger charge is 2.15. The first-order valence-corrected chi connectivity index (χ1v) is 12.9. The third kappa shape index (κ3) is 5.62. The van der Waals surface area contributed by atoms with Crippen molar-refractivity contribution in [2.45, 2.75) is 65.7 Å². The van der Waals surface area contributed by atoms with E-state index in [9.17, 15) is 0 Å². The molecule has 0 atom stereocenters. The summed E-state index contributed by atoms with van der Waals surface area (Å²) in [7, 11) is 0. The fraction of sp³-hybridized carbons (Fsp3) is 0.379. The molecule has 1 saturated carbocycles. The van der Waals surface area contributed by atoms with E-state index in [0.717, 1.165) is 38.8 Å². The number of hydrogen-bond donors (Lipinski definition) is 0. The molecule has 0 unspecified atom stereocenters. The van der Waals surface area contributed by atoms with Crippen molar-refractivity contribution in [1.29, 1.82) is 0 Å². The Kier molecular flexibility index (Phi) is 7.44. The maximum atomic E-state index is 5.06. The molecule has 4 rings (SSSR count). The molecule has 0 bridgehead atoms. The summed E-state index contributed by atoms with van der Waals surface area (Å²) in [4.78, 5) is 5.68. The second-order valence-electron chi connectivity index (χ2n) is 9.43. The Morgan fingerprint density at radius 1 is 1.00 bits per heavy atom. The topological polar surface area (TPSA) is 29.6 Å². The lowest BCUT2D eigenvalue weighted by atomic mass is 9.84. The summed E-state index contributed by atoms with van der Waals surface area (Å²) in [6.45, 7) is 13.0. The lowest BCUT2D eigenvalue weighted by Crippen LogP contribution is -2.15. The van der Waals surface area contributed by atoms with Gasteiger partial charge in [0.05, 0.1) is 18.0 Å². The Balaban J connectivity index is 1.71. The Hall–Kier alpha value is -2.72. The lowest BCUT2D eigenvalue weighted by molar-refractivity contribution is 0.443. The molecule has 4 heteroatoms. The van der Waals surface area contributed by atoms with Gasteiger partial charge in [0.25, 0.3) is 0 Å². The Morgan fingerprint density at radius 3 is 2.39 bits per heavy atom. The lowest BCUT2D eigenvalue weighted by Gasteiger charge is -2.22. The normalized spacial score (nSPS) is 15.8. The van der Waals surface area contributed by atoms with Gasteiger partial charge < -0.3 is 0 Å². The van der Waals surface area contributed by atoms with Crippen LogP contribution in [0.4, 0.5) is 0 Å².